The Hall–Kier alpha value is -2.46. The first-order chi connectivity index (χ1) is 13.7. The van der Waals surface area contributed by atoms with Crippen LogP contribution in [0.3, 0.4) is 0 Å². The molecule has 3 rings (SSSR count). The number of benzene rings is 2. The van der Waals surface area contributed by atoms with Crippen LogP contribution < -0.4 is 9.47 Å². The van der Waals surface area contributed by atoms with E-state index in [2.05, 4.69) is 26.0 Å². The summed E-state index contributed by atoms with van der Waals surface area (Å²) in [4.78, 5) is 1.07. The van der Waals surface area contributed by atoms with Gasteiger partial charge in [0.15, 0.2) is 0 Å². The fourth-order valence-corrected chi connectivity index (χ4v) is 3.95. The third kappa shape index (κ3) is 5.08. The number of aryl methyl sites for hydroxylation is 2. The van der Waals surface area contributed by atoms with E-state index in [1.54, 1.807) is 17.4 Å². The van der Waals surface area contributed by atoms with E-state index in [1.807, 2.05) is 35.7 Å². The average molecular weight is 397 g/mol. The van der Waals surface area contributed by atoms with E-state index in [-0.39, 0.29) is 5.75 Å². The molecule has 28 heavy (non-hydrogen) atoms. The monoisotopic (exact) mass is 396 g/mol. The smallest absolute Gasteiger partial charge is 0.127 e. The highest BCUT2D eigenvalue weighted by Crippen LogP contribution is 2.37. The van der Waals surface area contributed by atoms with Crippen molar-refractivity contribution in [2.45, 2.75) is 39.5 Å². The molecule has 0 atom stereocenters. The lowest BCUT2D eigenvalue weighted by Crippen LogP contribution is -2.07. The Morgan fingerprint density at radius 1 is 0.893 bits per heavy atom. The molecule has 1 heterocycles. The lowest BCUT2D eigenvalue weighted by atomic mass is 10.1. The summed E-state index contributed by atoms with van der Waals surface area (Å²) in [5.74, 6) is 1.99. The fourth-order valence-electron chi connectivity index (χ4n) is 3.20. The summed E-state index contributed by atoms with van der Waals surface area (Å²) >= 11 is 1.62. The number of ether oxygens (including phenoxy) is 2. The van der Waals surface area contributed by atoms with Gasteiger partial charge in [0.05, 0.1) is 13.2 Å². The van der Waals surface area contributed by atoms with Crippen molar-refractivity contribution in [3.05, 3.63) is 65.0 Å². The van der Waals surface area contributed by atoms with Gasteiger partial charge in [-0.25, -0.2) is 0 Å². The first-order valence-corrected chi connectivity index (χ1v) is 10.8. The molecule has 0 fully saturated rings. The number of aromatic hydroxyl groups is 1. The number of hydrogen-bond acceptors (Lipinski definition) is 4. The third-order valence-corrected chi connectivity index (χ3v) is 5.55. The van der Waals surface area contributed by atoms with Crippen molar-refractivity contribution in [1.82, 2.24) is 0 Å². The SMILES string of the molecule is CCCc1ccccc1OCCCOc1cc(O)c(-c2cccs2)cc1CC. The molecule has 0 unspecified atom stereocenters. The summed E-state index contributed by atoms with van der Waals surface area (Å²) < 4.78 is 11.9. The van der Waals surface area contributed by atoms with Crippen LogP contribution in [0.5, 0.6) is 17.2 Å². The van der Waals surface area contributed by atoms with Gasteiger partial charge in [-0.1, -0.05) is 44.5 Å². The third-order valence-electron chi connectivity index (χ3n) is 4.64. The Morgan fingerprint density at radius 3 is 2.39 bits per heavy atom. The van der Waals surface area contributed by atoms with Crippen molar-refractivity contribution in [2.24, 2.45) is 0 Å². The number of thiophene rings is 1. The van der Waals surface area contributed by atoms with E-state index in [0.717, 1.165) is 53.2 Å². The second-order valence-corrected chi connectivity index (χ2v) is 7.66. The van der Waals surface area contributed by atoms with E-state index in [4.69, 9.17) is 9.47 Å². The molecule has 0 bridgehead atoms. The van der Waals surface area contributed by atoms with Crippen molar-refractivity contribution >= 4 is 11.3 Å². The maximum absolute atomic E-state index is 10.4. The number of hydrogen-bond donors (Lipinski definition) is 1. The summed E-state index contributed by atoms with van der Waals surface area (Å²) in [6.45, 7) is 5.45. The van der Waals surface area contributed by atoms with Crippen LogP contribution in [0.4, 0.5) is 0 Å². The molecule has 0 aliphatic rings. The molecule has 3 aromatic rings. The van der Waals surface area contributed by atoms with E-state index in [0.29, 0.717) is 13.2 Å². The minimum Gasteiger partial charge on any atom is -0.507 e. The van der Waals surface area contributed by atoms with Crippen LogP contribution in [0.15, 0.2) is 53.9 Å². The molecule has 4 heteroatoms. The van der Waals surface area contributed by atoms with E-state index < -0.39 is 0 Å². The number of rotatable bonds is 10. The van der Waals surface area contributed by atoms with Crippen molar-refractivity contribution < 1.29 is 14.6 Å². The summed E-state index contributed by atoms with van der Waals surface area (Å²) in [5.41, 5.74) is 3.23. The minimum absolute atomic E-state index is 0.263. The van der Waals surface area contributed by atoms with Crippen LogP contribution in [0.1, 0.15) is 37.8 Å². The van der Waals surface area contributed by atoms with Gasteiger partial charge in [0, 0.05) is 22.9 Å². The summed E-state index contributed by atoms with van der Waals surface area (Å²) in [7, 11) is 0. The molecule has 3 nitrogen and oxygen atoms in total. The second kappa shape index (κ2) is 10.2. The van der Waals surface area contributed by atoms with Gasteiger partial charge in [-0.15, -0.1) is 11.3 Å². The van der Waals surface area contributed by atoms with Gasteiger partial charge in [0.25, 0.3) is 0 Å². The van der Waals surface area contributed by atoms with Crippen LogP contribution in [0, 0.1) is 0 Å². The van der Waals surface area contributed by atoms with Crippen LogP contribution in [-0.4, -0.2) is 18.3 Å². The zero-order valence-corrected chi connectivity index (χ0v) is 17.4. The highest BCUT2D eigenvalue weighted by molar-refractivity contribution is 7.13. The first kappa shape index (κ1) is 20.3. The van der Waals surface area contributed by atoms with Gasteiger partial charge >= 0.3 is 0 Å². The predicted molar refractivity (Wildman–Crippen MR) is 117 cm³/mol. The number of phenols is 1. The van der Waals surface area contributed by atoms with E-state index >= 15 is 0 Å². The largest absolute Gasteiger partial charge is 0.507 e. The topological polar surface area (TPSA) is 38.7 Å². The molecule has 148 valence electrons. The van der Waals surface area contributed by atoms with E-state index in [9.17, 15) is 5.11 Å². The summed E-state index contributed by atoms with van der Waals surface area (Å²) in [5, 5.41) is 12.4. The molecule has 1 N–H and O–H groups in total. The van der Waals surface area contributed by atoms with Crippen molar-refractivity contribution in [2.75, 3.05) is 13.2 Å². The molecule has 1 aromatic heterocycles. The van der Waals surface area contributed by atoms with Gasteiger partial charge < -0.3 is 14.6 Å². The quantitative estimate of drug-likeness (QED) is 0.398. The lowest BCUT2D eigenvalue weighted by molar-refractivity contribution is 0.244. The molecule has 0 spiro atoms. The van der Waals surface area contributed by atoms with Gasteiger partial charge in [0.2, 0.25) is 0 Å². The van der Waals surface area contributed by atoms with Gasteiger partial charge in [-0.3, -0.25) is 0 Å². The summed E-state index contributed by atoms with van der Waals surface area (Å²) in [6.07, 6.45) is 3.78. The standard InChI is InChI=1S/C24H28O3S/c1-3-9-19-10-5-6-11-22(19)26-13-8-14-27-23-17-21(25)20(16-18(23)4-2)24-12-7-15-28-24/h5-7,10-12,15-17,25H,3-4,8-9,13-14H2,1-2H3. The number of phenolic OH excluding ortho intramolecular Hbond substituents is 1. The maximum atomic E-state index is 10.4. The Morgan fingerprint density at radius 2 is 1.68 bits per heavy atom. The highest BCUT2D eigenvalue weighted by Gasteiger charge is 2.12. The normalized spacial score (nSPS) is 10.8. The molecular weight excluding hydrogens is 368 g/mol. The first-order valence-electron chi connectivity index (χ1n) is 9.96. The molecule has 0 aliphatic heterocycles. The average Bonchev–Trinajstić information content (AvgIpc) is 3.24. The van der Waals surface area contributed by atoms with Gasteiger partial charge in [-0.05, 0) is 47.5 Å². The van der Waals surface area contributed by atoms with Crippen LogP contribution in [0.2, 0.25) is 0 Å². The Bertz CT molecular complexity index is 872. The second-order valence-electron chi connectivity index (χ2n) is 6.72. The Kier molecular flexibility index (Phi) is 7.38. The zero-order valence-electron chi connectivity index (χ0n) is 16.6. The van der Waals surface area contributed by atoms with Crippen LogP contribution >= 0.6 is 11.3 Å². The predicted octanol–water partition coefficient (Wildman–Crippen LogP) is 6.48. The van der Waals surface area contributed by atoms with Crippen molar-refractivity contribution in [1.29, 1.82) is 0 Å². The molecule has 0 amide bonds. The Labute approximate surface area is 171 Å². The van der Waals surface area contributed by atoms with Crippen LogP contribution in [-0.2, 0) is 12.8 Å². The molecule has 0 radical (unpaired) electrons. The van der Waals surface area contributed by atoms with E-state index in [1.165, 1.54) is 5.56 Å². The maximum Gasteiger partial charge on any atom is 0.127 e. The molecule has 0 saturated heterocycles. The molecule has 0 saturated carbocycles. The minimum atomic E-state index is 0.263. The van der Waals surface area contributed by atoms with Crippen molar-refractivity contribution in [3.8, 4) is 27.7 Å². The zero-order chi connectivity index (χ0) is 19.8. The lowest BCUT2D eigenvalue weighted by Gasteiger charge is -2.14. The molecule has 0 aliphatic carbocycles. The molecular formula is C24H28O3S. The fraction of sp³-hybridized carbons (Fsp3) is 0.333. The Balaban J connectivity index is 1.56. The van der Waals surface area contributed by atoms with Gasteiger partial charge in [0.1, 0.15) is 17.2 Å². The molecule has 2 aromatic carbocycles. The van der Waals surface area contributed by atoms with Crippen molar-refractivity contribution in [3.63, 3.8) is 0 Å². The van der Waals surface area contributed by atoms with Crippen LogP contribution in [0.25, 0.3) is 10.4 Å². The summed E-state index contributed by atoms with van der Waals surface area (Å²) in [6, 6.07) is 16.0. The highest BCUT2D eigenvalue weighted by atomic mass is 32.1. The van der Waals surface area contributed by atoms with Gasteiger partial charge in [-0.2, -0.15) is 0 Å². The number of para-hydroxylation sites is 1.